The lowest BCUT2D eigenvalue weighted by atomic mass is 10.2. The van der Waals surface area contributed by atoms with Crippen molar-refractivity contribution in [2.75, 3.05) is 13.1 Å². The highest BCUT2D eigenvalue weighted by molar-refractivity contribution is 7.89. The molecule has 0 radical (unpaired) electrons. The highest BCUT2D eigenvalue weighted by atomic mass is 32.2. The molecule has 0 aliphatic carbocycles. The third-order valence-electron chi connectivity index (χ3n) is 3.35. The second-order valence-electron chi connectivity index (χ2n) is 5.47. The van der Waals surface area contributed by atoms with E-state index in [1.165, 1.54) is 12.4 Å². The highest BCUT2D eigenvalue weighted by Gasteiger charge is 2.16. The van der Waals surface area contributed by atoms with Gasteiger partial charge < -0.3 is 5.32 Å². The first-order valence-corrected chi connectivity index (χ1v) is 8.91. The zero-order valence-corrected chi connectivity index (χ0v) is 14.6. The molecule has 1 amide bonds. The first kappa shape index (κ1) is 18.0. The number of rotatable bonds is 6. The Morgan fingerprint density at radius 1 is 1.08 bits per heavy atom. The number of benzene rings is 1. The molecule has 0 unspecified atom stereocenters. The average molecular weight is 348 g/mol. The van der Waals surface area contributed by atoms with Crippen LogP contribution in [0.1, 0.15) is 27.3 Å². The first-order chi connectivity index (χ1) is 11.3. The van der Waals surface area contributed by atoms with Gasteiger partial charge in [0.15, 0.2) is 0 Å². The molecule has 24 heavy (non-hydrogen) atoms. The van der Waals surface area contributed by atoms with Crippen LogP contribution in [0, 0.1) is 20.8 Å². The van der Waals surface area contributed by atoms with Gasteiger partial charge in [-0.05, 0) is 38.0 Å². The summed E-state index contributed by atoms with van der Waals surface area (Å²) in [6.45, 7) is 5.59. The van der Waals surface area contributed by atoms with Gasteiger partial charge in [-0.25, -0.2) is 18.1 Å². The Bertz CT molecular complexity index is 833. The van der Waals surface area contributed by atoms with E-state index in [9.17, 15) is 13.2 Å². The average Bonchev–Trinajstić information content (AvgIpc) is 2.54. The van der Waals surface area contributed by atoms with Gasteiger partial charge >= 0.3 is 0 Å². The van der Waals surface area contributed by atoms with Crippen molar-refractivity contribution in [3.05, 3.63) is 53.1 Å². The lowest BCUT2D eigenvalue weighted by Gasteiger charge is -2.10. The quantitative estimate of drug-likeness (QED) is 0.762. The minimum Gasteiger partial charge on any atom is -0.349 e. The molecule has 0 atom stereocenters. The van der Waals surface area contributed by atoms with Crippen LogP contribution in [0.25, 0.3) is 0 Å². The Morgan fingerprint density at radius 2 is 1.83 bits per heavy atom. The van der Waals surface area contributed by atoms with E-state index in [1.807, 2.05) is 13.0 Å². The number of carbonyl (C=O) groups excluding carboxylic acids is 1. The van der Waals surface area contributed by atoms with Crippen LogP contribution in [0.5, 0.6) is 0 Å². The van der Waals surface area contributed by atoms with E-state index in [2.05, 4.69) is 20.0 Å². The maximum Gasteiger partial charge on any atom is 0.271 e. The Hall–Kier alpha value is -2.32. The summed E-state index contributed by atoms with van der Waals surface area (Å²) in [5.74, 6) is -0.395. The van der Waals surface area contributed by atoms with E-state index in [4.69, 9.17) is 0 Å². The zero-order valence-electron chi connectivity index (χ0n) is 13.8. The topological polar surface area (TPSA) is 101 Å². The molecular weight excluding hydrogens is 328 g/mol. The van der Waals surface area contributed by atoms with Crippen LogP contribution >= 0.6 is 0 Å². The summed E-state index contributed by atoms with van der Waals surface area (Å²) in [6.07, 6.45) is 2.88. The fourth-order valence-electron chi connectivity index (χ4n) is 2.04. The number of aryl methyl sites for hydroxylation is 3. The normalized spacial score (nSPS) is 11.3. The monoisotopic (exact) mass is 348 g/mol. The molecule has 0 aliphatic rings. The van der Waals surface area contributed by atoms with E-state index in [0.717, 1.165) is 5.56 Å². The number of amides is 1. The third-order valence-corrected chi connectivity index (χ3v) is 4.95. The zero-order chi connectivity index (χ0) is 17.7. The largest absolute Gasteiger partial charge is 0.349 e. The molecule has 0 fully saturated rings. The fraction of sp³-hybridized carbons (Fsp3) is 0.312. The molecule has 2 rings (SSSR count). The molecule has 1 aromatic heterocycles. The molecule has 1 aromatic carbocycles. The Morgan fingerprint density at radius 3 is 2.50 bits per heavy atom. The minimum atomic E-state index is -3.61. The summed E-state index contributed by atoms with van der Waals surface area (Å²) in [5.41, 5.74) is 2.45. The van der Waals surface area contributed by atoms with Crippen LogP contribution in [0.3, 0.4) is 0 Å². The van der Waals surface area contributed by atoms with Gasteiger partial charge in [0, 0.05) is 19.3 Å². The standard InChI is InChI=1S/C16H20N4O3S/c1-11-4-5-12(2)15(8-11)24(22,23)20-7-6-17-16(21)14-10-18-13(3)9-19-14/h4-5,8-10,20H,6-7H2,1-3H3,(H,17,21). The van der Waals surface area contributed by atoms with Crippen molar-refractivity contribution in [1.29, 1.82) is 0 Å². The van der Waals surface area contributed by atoms with Gasteiger partial charge in [0.05, 0.1) is 16.8 Å². The number of sulfonamides is 1. The first-order valence-electron chi connectivity index (χ1n) is 7.43. The predicted octanol–water partition coefficient (Wildman–Crippen LogP) is 1.11. The van der Waals surface area contributed by atoms with Crippen molar-refractivity contribution in [2.45, 2.75) is 25.7 Å². The van der Waals surface area contributed by atoms with Gasteiger partial charge in [0.1, 0.15) is 5.69 Å². The maximum atomic E-state index is 12.3. The predicted molar refractivity (Wildman–Crippen MR) is 90.2 cm³/mol. The van der Waals surface area contributed by atoms with E-state index < -0.39 is 15.9 Å². The number of hydrogen-bond acceptors (Lipinski definition) is 5. The second kappa shape index (κ2) is 7.50. The van der Waals surface area contributed by atoms with Crippen molar-refractivity contribution in [3.8, 4) is 0 Å². The summed E-state index contributed by atoms with van der Waals surface area (Å²) in [6, 6.07) is 5.25. The number of hydrogen-bond donors (Lipinski definition) is 2. The Balaban J connectivity index is 1.90. The van der Waals surface area contributed by atoms with Crippen molar-refractivity contribution >= 4 is 15.9 Å². The van der Waals surface area contributed by atoms with E-state index in [-0.39, 0.29) is 23.7 Å². The summed E-state index contributed by atoms with van der Waals surface area (Å²) in [5, 5.41) is 2.60. The van der Waals surface area contributed by atoms with E-state index >= 15 is 0 Å². The molecule has 0 saturated carbocycles. The summed E-state index contributed by atoms with van der Waals surface area (Å²) in [4.78, 5) is 20.1. The summed E-state index contributed by atoms with van der Waals surface area (Å²) < 4.78 is 27.1. The van der Waals surface area contributed by atoms with Crippen LogP contribution in [0.4, 0.5) is 0 Å². The van der Waals surface area contributed by atoms with Crippen molar-refractivity contribution in [2.24, 2.45) is 0 Å². The van der Waals surface area contributed by atoms with Crippen LogP contribution in [0.2, 0.25) is 0 Å². The second-order valence-corrected chi connectivity index (χ2v) is 7.20. The Kier molecular flexibility index (Phi) is 5.63. The van der Waals surface area contributed by atoms with Crippen LogP contribution < -0.4 is 10.0 Å². The molecule has 0 bridgehead atoms. The number of carbonyl (C=O) groups is 1. The van der Waals surface area contributed by atoms with Crippen molar-refractivity contribution in [3.63, 3.8) is 0 Å². The van der Waals surface area contributed by atoms with E-state index in [0.29, 0.717) is 11.3 Å². The highest BCUT2D eigenvalue weighted by Crippen LogP contribution is 2.16. The van der Waals surface area contributed by atoms with Gasteiger partial charge in [0.25, 0.3) is 5.91 Å². The van der Waals surface area contributed by atoms with Crippen LogP contribution in [-0.2, 0) is 10.0 Å². The molecule has 0 aliphatic heterocycles. The minimum absolute atomic E-state index is 0.0841. The molecule has 0 spiro atoms. The summed E-state index contributed by atoms with van der Waals surface area (Å²) in [7, 11) is -3.61. The van der Waals surface area contributed by atoms with Gasteiger partial charge in [-0.1, -0.05) is 12.1 Å². The molecule has 7 nitrogen and oxygen atoms in total. The van der Waals surface area contributed by atoms with Crippen LogP contribution in [0.15, 0.2) is 35.5 Å². The number of nitrogens with one attached hydrogen (secondary N) is 2. The molecule has 128 valence electrons. The molecule has 2 aromatic rings. The number of nitrogens with zero attached hydrogens (tertiary/aromatic N) is 2. The maximum absolute atomic E-state index is 12.3. The number of aromatic nitrogens is 2. The lowest BCUT2D eigenvalue weighted by molar-refractivity contribution is 0.0949. The fourth-order valence-corrected chi connectivity index (χ4v) is 3.40. The van der Waals surface area contributed by atoms with E-state index in [1.54, 1.807) is 26.0 Å². The molecule has 1 heterocycles. The Labute approximate surface area is 141 Å². The molecule has 2 N–H and O–H groups in total. The van der Waals surface area contributed by atoms with Gasteiger partial charge in [-0.15, -0.1) is 0 Å². The van der Waals surface area contributed by atoms with Crippen LogP contribution in [-0.4, -0.2) is 37.4 Å². The van der Waals surface area contributed by atoms with Crippen molar-refractivity contribution in [1.82, 2.24) is 20.0 Å². The lowest BCUT2D eigenvalue weighted by Crippen LogP contribution is -2.35. The SMILES string of the molecule is Cc1ccc(C)c(S(=O)(=O)NCCNC(=O)c2cnc(C)cn2)c1. The van der Waals surface area contributed by atoms with Crippen molar-refractivity contribution < 1.29 is 13.2 Å². The third kappa shape index (κ3) is 4.59. The molecule has 8 heteroatoms. The van der Waals surface area contributed by atoms with Gasteiger partial charge in [-0.2, -0.15) is 0 Å². The van der Waals surface area contributed by atoms with Gasteiger partial charge in [-0.3, -0.25) is 9.78 Å². The molecule has 0 saturated heterocycles. The summed E-state index contributed by atoms with van der Waals surface area (Å²) >= 11 is 0. The van der Waals surface area contributed by atoms with Gasteiger partial charge in [0.2, 0.25) is 10.0 Å². The molecular formula is C16H20N4O3S. The smallest absolute Gasteiger partial charge is 0.271 e.